The van der Waals surface area contributed by atoms with Crippen LogP contribution < -0.4 is 10.4 Å². The van der Waals surface area contributed by atoms with Crippen molar-refractivity contribution in [3.8, 4) is 39.6 Å². The number of hydrogen-bond donors (Lipinski definition) is 2. The third kappa shape index (κ3) is 7.05. The van der Waals surface area contributed by atoms with E-state index in [-0.39, 0.29) is 5.84 Å². The van der Waals surface area contributed by atoms with Crippen molar-refractivity contribution in [2.75, 3.05) is 5.01 Å². The quantitative estimate of drug-likeness (QED) is 0.124. The van der Waals surface area contributed by atoms with Crippen molar-refractivity contribution in [2.24, 2.45) is 10.4 Å². The number of rotatable bonds is 7. The van der Waals surface area contributed by atoms with Crippen molar-refractivity contribution in [3.63, 3.8) is 0 Å². The highest BCUT2D eigenvalue weighted by molar-refractivity contribution is 6.17. The van der Waals surface area contributed by atoms with E-state index in [4.69, 9.17) is 20.4 Å². The number of aliphatic imine (C=N–C) groups is 1. The summed E-state index contributed by atoms with van der Waals surface area (Å²) in [4.78, 5) is 15.3. The fraction of sp³-hybridized carbons (Fsp3) is 0.0545. The smallest absolute Gasteiger partial charge is 0.160 e. The van der Waals surface area contributed by atoms with Crippen molar-refractivity contribution < 1.29 is 0 Å². The molecule has 0 bridgehead atoms. The maximum atomic E-state index is 9.07. The summed E-state index contributed by atoms with van der Waals surface area (Å²) in [7, 11) is 0. The predicted molar refractivity (Wildman–Crippen MR) is 257 cm³/mol. The minimum atomic E-state index is -0.495. The van der Waals surface area contributed by atoms with Gasteiger partial charge in [0, 0.05) is 50.2 Å². The zero-order chi connectivity index (χ0) is 42.0. The highest BCUT2D eigenvalue weighted by Crippen LogP contribution is 2.44. The molecule has 10 rings (SSSR count). The fourth-order valence-corrected chi connectivity index (χ4v) is 8.42. The van der Waals surface area contributed by atoms with Crippen LogP contribution in [0.15, 0.2) is 218 Å². The summed E-state index contributed by atoms with van der Waals surface area (Å²) in [6.07, 6.45) is 17.2. The van der Waals surface area contributed by atoms with E-state index in [1.807, 2.05) is 90.1 Å². The van der Waals surface area contributed by atoms with E-state index in [0.29, 0.717) is 11.7 Å². The van der Waals surface area contributed by atoms with Crippen LogP contribution in [0, 0.1) is 10.8 Å². The number of hydrogen-bond acceptors (Lipinski definition) is 4. The van der Waals surface area contributed by atoms with Gasteiger partial charge < -0.3 is 4.57 Å². The van der Waals surface area contributed by atoms with Gasteiger partial charge in [0.1, 0.15) is 5.84 Å². The van der Waals surface area contributed by atoms with Crippen molar-refractivity contribution >= 4 is 44.7 Å². The Morgan fingerprint density at radius 1 is 0.694 bits per heavy atom. The molecule has 0 amide bonds. The number of benzene rings is 6. The standard InChI is InChI=1S/C55H43N7/c1-38-21-17-20-36-61(60-54(55(2)34-18-6-19-35-55)59-52(56)40-24-9-4-10-25-40)48-32-33-49-51(50(38)48)43-29-14-16-31-47(43)62(49)46-30-15-13-28-42(46)45-37-44(39-22-7-3-8-23-39)57-53(58-45)41-26-11-5-12-27-41/h3-34,36-37H,1,35H2,2H3,(H2,56,59,60)/b21-17-,36-20-. The number of hydrazine groups is 1. The van der Waals surface area contributed by atoms with Gasteiger partial charge in [-0.25, -0.2) is 15.0 Å². The van der Waals surface area contributed by atoms with Gasteiger partial charge in [0.15, 0.2) is 11.7 Å². The topological polar surface area (TPSA) is 82.2 Å². The fourth-order valence-electron chi connectivity index (χ4n) is 8.42. The number of nitrogens with one attached hydrogen (secondary N) is 2. The second-order valence-corrected chi connectivity index (χ2v) is 15.7. The van der Waals surface area contributed by atoms with Crippen molar-refractivity contribution in [1.29, 1.82) is 5.41 Å². The normalized spacial score (nSPS) is 17.1. The summed E-state index contributed by atoms with van der Waals surface area (Å²) in [5, 5.41) is 13.3. The second kappa shape index (κ2) is 16.1. The molecule has 0 saturated heterocycles. The molecule has 7 nitrogen and oxygen atoms in total. The van der Waals surface area contributed by atoms with Gasteiger partial charge in [-0.3, -0.25) is 15.8 Å². The highest BCUT2D eigenvalue weighted by atomic mass is 15.5. The third-order valence-corrected chi connectivity index (χ3v) is 11.6. The number of para-hydroxylation sites is 2. The van der Waals surface area contributed by atoms with Gasteiger partial charge in [-0.1, -0.05) is 170 Å². The van der Waals surface area contributed by atoms with E-state index in [2.05, 4.69) is 145 Å². The lowest BCUT2D eigenvalue weighted by Crippen LogP contribution is -2.47. The van der Waals surface area contributed by atoms with Crippen molar-refractivity contribution in [2.45, 2.75) is 13.3 Å². The Kier molecular flexibility index (Phi) is 9.90. The number of fused-ring (bicyclic) bond motifs is 5. The summed E-state index contributed by atoms with van der Waals surface area (Å²) in [5.41, 5.74) is 14.4. The minimum Gasteiger partial charge on any atom is -0.309 e. The highest BCUT2D eigenvalue weighted by Gasteiger charge is 2.31. The molecule has 298 valence electrons. The summed E-state index contributed by atoms with van der Waals surface area (Å²) < 4.78 is 2.35. The van der Waals surface area contributed by atoms with Gasteiger partial charge in [-0.05, 0) is 55.3 Å². The van der Waals surface area contributed by atoms with Crippen LogP contribution in [-0.4, -0.2) is 26.2 Å². The predicted octanol–water partition coefficient (Wildman–Crippen LogP) is 12.9. The molecule has 2 N–H and O–H groups in total. The molecular weight excluding hydrogens is 759 g/mol. The Morgan fingerprint density at radius 2 is 1.39 bits per heavy atom. The molecule has 8 aromatic rings. The largest absolute Gasteiger partial charge is 0.309 e. The lowest BCUT2D eigenvalue weighted by Gasteiger charge is -2.34. The summed E-state index contributed by atoms with van der Waals surface area (Å²) >= 11 is 0. The molecule has 1 unspecified atom stereocenters. The van der Waals surface area contributed by atoms with Gasteiger partial charge >= 0.3 is 0 Å². The van der Waals surface area contributed by atoms with Gasteiger partial charge in [0.2, 0.25) is 0 Å². The number of aromatic nitrogens is 3. The first-order valence-corrected chi connectivity index (χ1v) is 20.8. The Morgan fingerprint density at radius 3 is 2.16 bits per heavy atom. The molecule has 1 aliphatic carbocycles. The van der Waals surface area contributed by atoms with Crippen LogP contribution in [-0.2, 0) is 0 Å². The molecule has 0 spiro atoms. The first-order chi connectivity index (χ1) is 30.4. The second-order valence-electron chi connectivity index (χ2n) is 15.7. The van der Waals surface area contributed by atoms with Crippen LogP contribution in [0.4, 0.5) is 5.69 Å². The minimum absolute atomic E-state index is 0.186. The first-order valence-electron chi connectivity index (χ1n) is 20.8. The first kappa shape index (κ1) is 38.1. The van der Waals surface area contributed by atoms with Crippen LogP contribution in [0.3, 0.4) is 0 Å². The van der Waals surface area contributed by atoms with E-state index >= 15 is 0 Å². The molecule has 7 heteroatoms. The van der Waals surface area contributed by atoms with Crippen LogP contribution in [0.1, 0.15) is 24.5 Å². The van der Waals surface area contributed by atoms with E-state index in [0.717, 1.165) is 84.4 Å². The molecule has 2 aliphatic rings. The molecule has 2 aromatic heterocycles. The zero-order valence-electron chi connectivity index (χ0n) is 34.3. The number of allylic oxidation sites excluding steroid dienone is 7. The van der Waals surface area contributed by atoms with E-state index in [1.165, 1.54) is 0 Å². The molecule has 6 aromatic carbocycles. The van der Waals surface area contributed by atoms with Crippen LogP contribution in [0.5, 0.6) is 0 Å². The monoisotopic (exact) mass is 801 g/mol. The molecule has 0 fully saturated rings. The molecule has 62 heavy (non-hydrogen) atoms. The van der Waals surface area contributed by atoms with Gasteiger partial charge in [-0.2, -0.15) is 0 Å². The van der Waals surface area contributed by atoms with Crippen LogP contribution >= 0.6 is 0 Å². The Balaban J connectivity index is 1.16. The van der Waals surface area contributed by atoms with Gasteiger partial charge in [-0.15, -0.1) is 0 Å². The molecule has 3 heterocycles. The SMILES string of the molecule is C=C1/C=C\C=C/N(NC(=NC(=N)c2ccccc2)C2(C)C=CC=CC2)c2ccc3c(c21)c1ccccc1n3-c1ccccc1-c1cc(-c2ccccc2)nc(-c2ccccc2)n1. The van der Waals surface area contributed by atoms with E-state index in [9.17, 15) is 0 Å². The number of anilines is 1. The summed E-state index contributed by atoms with van der Waals surface area (Å²) in [6, 6.07) is 53.6. The Bertz CT molecular complexity index is 3110. The maximum Gasteiger partial charge on any atom is 0.160 e. The van der Waals surface area contributed by atoms with Crippen LogP contribution in [0.25, 0.3) is 67.0 Å². The van der Waals surface area contributed by atoms with E-state index < -0.39 is 5.41 Å². The average Bonchev–Trinajstić information content (AvgIpc) is 3.66. The molecule has 1 atom stereocenters. The number of nitrogens with zero attached hydrogens (tertiary/aromatic N) is 5. The summed E-state index contributed by atoms with van der Waals surface area (Å²) in [5.74, 6) is 1.51. The molecule has 0 radical (unpaired) electrons. The molecule has 1 aliphatic heterocycles. The van der Waals surface area contributed by atoms with Crippen LogP contribution in [0.2, 0.25) is 0 Å². The van der Waals surface area contributed by atoms with Gasteiger partial charge in [0.05, 0.1) is 33.8 Å². The third-order valence-electron chi connectivity index (χ3n) is 11.6. The lowest BCUT2D eigenvalue weighted by molar-refractivity contribution is 0.575. The zero-order valence-corrected chi connectivity index (χ0v) is 34.3. The Labute approximate surface area is 361 Å². The number of amidine groups is 2. The van der Waals surface area contributed by atoms with E-state index in [1.54, 1.807) is 0 Å². The van der Waals surface area contributed by atoms with Crippen molar-refractivity contribution in [1.82, 2.24) is 20.0 Å². The Hall–Kier alpha value is -8.16. The molecule has 0 saturated carbocycles. The molecular formula is C55H43N7. The average molecular weight is 802 g/mol. The summed E-state index contributed by atoms with van der Waals surface area (Å²) in [6.45, 7) is 6.81. The lowest BCUT2D eigenvalue weighted by atomic mass is 9.82. The maximum absolute atomic E-state index is 9.07. The van der Waals surface area contributed by atoms with Crippen molar-refractivity contribution in [3.05, 3.63) is 224 Å². The van der Waals surface area contributed by atoms with Gasteiger partial charge in [0.25, 0.3) is 0 Å².